The van der Waals surface area contributed by atoms with Crippen LogP contribution in [0.4, 0.5) is 0 Å². The van der Waals surface area contributed by atoms with Gasteiger partial charge in [0, 0.05) is 10.5 Å². The molecule has 0 bridgehead atoms. The monoisotopic (exact) mass is 299 g/mol. The summed E-state index contributed by atoms with van der Waals surface area (Å²) in [5.41, 5.74) is 2.05. The first-order valence-corrected chi connectivity index (χ1v) is 6.35. The largest absolute Gasteiger partial charge is 0.468 e. The van der Waals surface area contributed by atoms with E-state index in [2.05, 4.69) is 21.2 Å². The van der Waals surface area contributed by atoms with Gasteiger partial charge < -0.3 is 4.74 Å². The molecule has 0 saturated carbocycles. The highest BCUT2D eigenvalue weighted by Crippen LogP contribution is 2.25. The summed E-state index contributed by atoms with van der Waals surface area (Å²) in [6, 6.07) is 5.68. The average Bonchev–Trinajstić information content (AvgIpc) is 2.25. The molecule has 1 aromatic rings. The summed E-state index contributed by atoms with van der Waals surface area (Å²) >= 11 is 3.49. The number of esters is 1. The number of hydrogen-bond donors (Lipinski definition) is 1. The molecule has 0 aliphatic carbocycles. The van der Waals surface area contributed by atoms with Crippen molar-refractivity contribution in [3.8, 4) is 0 Å². The highest BCUT2D eigenvalue weighted by molar-refractivity contribution is 9.10. The van der Waals surface area contributed by atoms with E-state index in [0.717, 1.165) is 15.6 Å². The number of hydrogen-bond acceptors (Lipinski definition) is 3. The number of ether oxygens (including phenoxy) is 1. The summed E-state index contributed by atoms with van der Waals surface area (Å²) in [5.74, 6) is -0.275. The van der Waals surface area contributed by atoms with E-state index in [-0.39, 0.29) is 12.0 Å². The van der Waals surface area contributed by atoms with Crippen LogP contribution in [-0.2, 0) is 9.53 Å². The second-order valence-electron chi connectivity index (χ2n) is 4.30. The van der Waals surface area contributed by atoms with Gasteiger partial charge in [-0.3, -0.25) is 5.32 Å². The Labute approximate surface area is 111 Å². The summed E-state index contributed by atoms with van der Waals surface area (Å²) < 4.78 is 5.75. The smallest absolute Gasteiger partial charge is 0.327 e. The normalized spacial score (nSPS) is 12.6. The maximum absolute atomic E-state index is 11.8. The second kappa shape index (κ2) is 6.17. The molecular weight excluding hydrogens is 282 g/mol. The molecule has 0 fully saturated rings. The van der Waals surface area contributed by atoms with Crippen molar-refractivity contribution in [2.45, 2.75) is 32.9 Å². The molecule has 17 heavy (non-hydrogen) atoms. The lowest BCUT2D eigenvalue weighted by Gasteiger charge is -2.20. The van der Waals surface area contributed by atoms with Crippen LogP contribution in [-0.4, -0.2) is 19.1 Å². The van der Waals surface area contributed by atoms with E-state index in [1.54, 1.807) is 0 Å². The number of benzene rings is 1. The molecule has 94 valence electrons. The number of carbonyl (C=O) groups excluding carboxylic acids is 1. The lowest BCUT2D eigenvalue weighted by Crippen LogP contribution is -2.34. The van der Waals surface area contributed by atoms with Gasteiger partial charge in [-0.15, -0.1) is 0 Å². The topological polar surface area (TPSA) is 38.3 Å². The van der Waals surface area contributed by atoms with E-state index >= 15 is 0 Å². The molecule has 0 amide bonds. The van der Waals surface area contributed by atoms with E-state index in [1.807, 2.05) is 39.0 Å². The lowest BCUT2D eigenvalue weighted by atomic mass is 10.0. The number of rotatable bonds is 4. The van der Waals surface area contributed by atoms with Crippen molar-refractivity contribution in [2.24, 2.45) is 0 Å². The Hall–Kier alpha value is -0.870. The Morgan fingerprint density at radius 1 is 1.41 bits per heavy atom. The van der Waals surface area contributed by atoms with Gasteiger partial charge in [0.2, 0.25) is 0 Å². The van der Waals surface area contributed by atoms with Crippen LogP contribution in [0.2, 0.25) is 0 Å². The van der Waals surface area contributed by atoms with Gasteiger partial charge in [0.1, 0.15) is 6.04 Å². The molecule has 0 aliphatic rings. The number of nitrogens with one attached hydrogen (secondary N) is 1. The second-order valence-corrected chi connectivity index (χ2v) is 5.16. The van der Waals surface area contributed by atoms with Crippen LogP contribution in [0.5, 0.6) is 0 Å². The molecule has 0 spiro atoms. The van der Waals surface area contributed by atoms with Gasteiger partial charge in [0.05, 0.1) is 7.11 Å². The molecule has 0 aliphatic heterocycles. The van der Waals surface area contributed by atoms with E-state index in [4.69, 9.17) is 4.74 Å². The van der Waals surface area contributed by atoms with Crippen LogP contribution in [0, 0.1) is 6.92 Å². The maximum atomic E-state index is 11.8. The average molecular weight is 300 g/mol. The van der Waals surface area contributed by atoms with E-state index < -0.39 is 6.04 Å². The van der Waals surface area contributed by atoms with Crippen molar-refractivity contribution in [1.82, 2.24) is 5.32 Å². The van der Waals surface area contributed by atoms with Crippen molar-refractivity contribution in [2.75, 3.05) is 7.11 Å². The minimum absolute atomic E-state index is 0.201. The Bertz CT molecular complexity index is 404. The van der Waals surface area contributed by atoms with E-state index in [0.29, 0.717) is 0 Å². The summed E-state index contributed by atoms with van der Waals surface area (Å²) in [5, 5.41) is 3.20. The van der Waals surface area contributed by atoms with Gasteiger partial charge in [0.15, 0.2) is 0 Å². The lowest BCUT2D eigenvalue weighted by molar-refractivity contribution is -0.143. The van der Waals surface area contributed by atoms with E-state index in [9.17, 15) is 4.79 Å². The number of carbonyl (C=O) groups is 1. The van der Waals surface area contributed by atoms with Crippen molar-refractivity contribution >= 4 is 21.9 Å². The molecule has 0 aromatic heterocycles. The number of halogens is 1. The predicted octanol–water partition coefficient (Wildman–Crippen LogP) is 2.97. The fourth-order valence-corrected chi connectivity index (χ4v) is 2.32. The van der Waals surface area contributed by atoms with Crippen molar-refractivity contribution in [3.05, 3.63) is 33.8 Å². The zero-order valence-corrected chi connectivity index (χ0v) is 12.2. The molecule has 1 N–H and O–H groups in total. The maximum Gasteiger partial charge on any atom is 0.327 e. The summed E-state index contributed by atoms with van der Waals surface area (Å²) in [4.78, 5) is 11.8. The quantitative estimate of drug-likeness (QED) is 0.869. The zero-order chi connectivity index (χ0) is 13.0. The van der Waals surface area contributed by atoms with Gasteiger partial charge in [-0.05, 0) is 38.0 Å². The first kappa shape index (κ1) is 14.2. The number of methoxy groups -OCH3 is 1. The third kappa shape index (κ3) is 3.82. The van der Waals surface area contributed by atoms with Crippen LogP contribution < -0.4 is 5.32 Å². The molecule has 1 unspecified atom stereocenters. The SMILES string of the molecule is COC(=O)C(NC(C)C)c1ccc(C)cc1Br. The van der Waals surface area contributed by atoms with Gasteiger partial charge in [-0.2, -0.15) is 0 Å². The zero-order valence-electron chi connectivity index (χ0n) is 10.6. The van der Waals surface area contributed by atoms with E-state index in [1.165, 1.54) is 7.11 Å². The van der Waals surface area contributed by atoms with Crippen LogP contribution in [0.1, 0.15) is 31.0 Å². The molecule has 0 saturated heterocycles. The molecule has 1 atom stereocenters. The highest BCUT2D eigenvalue weighted by Gasteiger charge is 2.23. The minimum Gasteiger partial charge on any atom is -0.468 e. The highest BCUT2D eigenvalue weighted by atomic mass is 79.9. The Morgan fingerprint density at radius 3 is 2.53 bits per heavy atom. The Morgan fingerprint density at radius 2 is 2.06 bits per heavy atom. The van der Waals surface area contributed by atoms with Gasteiger partial charge in [-0.1, -0.05) is 28.1 Å². The standard InChI is InChI=1S/C13H18BrNO2/c1-8(2)15-12(13(16)17-4)10-6-5-9(3)7-11(10)14/h5-8,12,15H,1-4H3. The first-order chi connectivity index (χ1) is 7.95. The van der Waals surface area contributed by atoms with Crippen LogP contribution in [0.3, 0.4) is 0 Å². The summed E-state index contributed by atoms with van der Waals surface area (Å²) in [6.45, 7) is 6.01. The van der Waals surface area contributed by atoms with Crippen molar-refractivity contribution < 1.29 is 9.53 Å². The van der Waals surface area contributed by atoms with Crippen LogP contribution >= 0.6 is 15.9 Å². The fourth-order valence-electron chi connectivity index (χ4n) is 1.60. The van der Waals surface area contributed by atoms with Crippen LogP contribution in [0.25, 0.3) is 0 Å². The molecule has 1 rings (SSSR count). The molecule has 0 heterocycles. The summed E-state index contributed by atoms with van der Waals surface area (Å²) in [6.07, 6.45) is 0. The van der Waals surface area contributed by atoms with Gasteiger partial charge >= 0.3 is 5.97 Å². The molecule has 3 nitrogen and oxygen atoms in total. The van der Waals surface area contributed by atoms with Gasteiger partial charge in [-0.25, -0.2) is 4.79 Å². The van der Waals surface area contributed by atoms with Crippen molar-refractivity contribution in [3.63, 3.8) is 0 Å². The Kier molecular flexibility index (Phi) is 5.15. The summed E-state index contributed by atoms with van der Waals surface area (Å²) in [7, 11) is 1.40. The fraction of sp³-hybridized carbons (Fsp3) is 0.462. The Balaban J connectivity index is 3.08. The third-order valence-electron chi connectivity index (χ3n) is 2.40. The first-order valence-electron chi connectivity index (χ1n) is 5.55. The predicted molar refractivity (Wildman–Crippen MR) is 71.9 cm³/mol. The molecule has 1 aromatic carbocycles. The number of aryl methyl sites for hydroxylation is 1. The van der Waals surface area contributed by atoms with Gasteiger partial charge in [0.25, 0.3) is 0 Å². The molecule has 0 radical (unpaired) electrons. The van der Waals surface area contributed by atoms with Crippen LogP contribution in [0.15, 0.2) is 22.7 Å². The van der Waals surface area contributed by atoms with Crippen molar-refractivity contribution in [1.29, 1.82) is 0 Å². The molecular formula is C13H18BrNO2. The minimum atomic E-state index is -0.435. The third-order valence-corrected chi connectivity index (χ3v) is 3.09. The molecule has 4 heteroatoms.